The summed E-state index contributed by atoms with van der Waals surface area (Å²) in [6.07, 6.45) is -3.29. The van der Waals surface area contributed by atoms with Crippen molar-refractivity contribution < 1.29 is 18.0 Å². The Bertz CT molecular complexity index is 752. The maximum absolute atomic E-state index is 12.6. The molecule has 116 valence electrons. The van der Waals surface area contributed by atoms with Crippen LogP contribution >= 0.6 is 0 Å². The first-order valence-electron chi connectivity index (χ1n) is 6.06. The van der Waals surface area contributed by atoms with E-state index in [1.54, 1.807) is 0 Å². The van der Waals surface area contributed by atoms with E-state index in [2.05, 4.69) is 15.5 Å². The molecule has 0 bridgehead atoms. The van der Waals surface area contributed by atoms with Crippen molar-refractivity contribution in [2.75, 3.05) is 5.32 Å². The van der Waals surface area contributed by atoms with Crippen LogP contribution in [-0.4, -0.2) is 25.5 Å². The van der Waals surface area contributed by atoms with E-state index in [0.717, 1.165) is 10.7 Å². The fourth-order valence-corrected chi connectivity index (χ4v) is 1.78. The fourth-order valence-electron chi connectivity index (χ4n) is 1.78. The van der Waals surface area contributed by atoms with Gasteiger partial charge < -0.3 is 5.32 Å². The van der Waals surface area contributed by atoms with Gasteiger partial charge in [0, 0.05) is 12.7 Å². The summed E-state index contributed by atoms with van der Waals surface area (Å²) < 4.78 is 39.9. The Morgan fingerprint density at radius 3 is 2.73 bits per heavy atom. The summed E-state index contributed by atoms with van der Waals surface area (Å²) in [4.78, 5) is 11.9. The second-order valence-corrected chi connectivity index (χ2v) is 4.52. The van der Waals surface area contributed by atoms with Crippen molar-refractivity contribution in [3.05, 3.63) is 29.2 Å². The van der Waals surface area contributed by atoms with Crippen LogP contribution in [0, 0.1) is 18.3 Å². The van der Waals surface area contributed by atoms with Crippen LogP contribution in [-0.2, 0) is 24.6 Å². The van der Waals surface area contributed by atoms with Crippen molar-refractivity contribution in [3.63, 3.8) is 0 Å². The number of carbonyl (C=O) groups is 1. The molecule has 0 saturated carbocycles. The maximum atomic E-state index is 12.6. The SMILES string of the molecule is Cc1cc(C(F)(F)F)nn1CC(=O)Nc1c(C#N)cnn1C. The van der Waals surface area contributed by atoms with Gasteiger partial charge in [0.05, 0.1) is 6.20 Å². The number of alkyl halides is 3. The van der Waals surface area contributed by atoms with Crippen molar-refractivity contribution >= 4 is 11.7 Å². The van der Waals surface area contributed by atoms with Crippen LogP contribution in [0.4, 0.5) is 19.0 Å². The molecule has 0 aliphatic carbocycles. The van der Waals surface area contributed by atoms with E-state index in [4.69, 9.17) is 5.26 Å². The summed E-state index contributed by atoms with van der Waals surface area (Å²) >= 11 is 0. The van der Waals surface area contributed by atoms with Gasteiger partial charge in [0.2, 0.25) is 5.91 Å². The summed E-state index contributed by atoms with van der Waals surface area (Å²) in [5, 5.41) is 18.5. The zero-order chi connectivity index (χ0) is 16.5. The van der Waals surface area contributed by atoms with Gasteiger partial charge >= 0.3 is 6.18 Å². The average Bonchev–Trinajstić information content (AvgIpc) is 2.94. The Morgan fingerprint density at radius 2 is 2.18 bits per heavy atom. The van der Waals surface area contributed by atoms with E-state index in [-0.39, 0.29) is 17.1 Å². The number of amides is 1. The zero-order valence-corrected chi connectivity index (χ0v) is 11.6. The fraction of sp³-hybridized carbons (Fsp3) is 0.333. The molecule has 0 radical (unpaired) electrons. The number of nitriles is 1. The lowest BCUT2D eigenvalue weighted by Crippen LogP contribution is -2.22. The number of hydrogen-bond donors (Lipinski definition) is 1. The summed E-state index contributed by atoms with van der Waals surface area (Å²) in [5.41, 5.74) is -0.701. The highest BCUT2D eigenvalue weighted by molar-refractivity contribution is 5.90. The third-order valence-electron chi connectivity index (χ3n) is 2.88. The van der Waals surface area contributed by atoms with Crippen LogP contribution in [0.25, 0.3) is 0 Å². The Labute approximate surface area is 122 Å². The lowest BCUT2D eigenvalue weighted by Gasteiger charge is -2.07. The number of aryl methyl sites for hydroxylation is 2. The lowest BCUT2D eigenvalue weighted by atomic mass is 10.3. The minimum atomic E-state index is -4.57. The van der Waals surface area contributed by atoms with E-state index < -0.39 is 24.3 Å². The standard InChI is InChI=1S/C12H11F3N6O/c1-7-3-9(12(13,14)15)19-21(7)6-10(22)18-11-8(4-16)5-17-20(11)2/h3,5H,6H2,1-2H3,(H,18,22). The molecule has 22 heavy (non-hydrogen) atoms. The van der Waals surface area contributed by atoms with Crippen LogP contribution in [0.5, 0.6) is 0 Å². The number of nitrogens with zero attached hydrogens (tertiary/aromatic N) is 5. The van der Waals surface area contributed by atoms with E-state index in [1.165, 1.54) is 24.9 Å². The first-order chi connectivity index (χ1) is 10.2. The summed E-state index contributed by atoms with van der Waals surface area (Å²) in [6, 6.07) is 2.71. The monoisotopic (exact) mass is 312 g/mol. The second-order valence-electron chi connectivity index (χ2n) is 4.52. The molecular weight excluding hydrogens is 301 g/mol. The minimum Gasteiger partial charge on any atom is -0.308 e. The van der Waals surface area contributed by atoms with Crippen LogP contribution in [0.3, 0.4) is 0 Å². The van der Waals surface area contributed by atoms with Crippen LogP contribution < -0.4 is 5.32 Å². The van der Waals surface area contributed by atoms with E-state index in [9.17, 15) is 18.0 Å². The van der Waals surface area contributed by atoms with Crippen LogP contribution in [0.2, 0.25) is 0 Å². The molecule has 2 rings (SSSR count). The number of hydrogen-bond acceptors (Lipinski definition) is 4. The predicted octanol–water partition coefficient (Wildman–Crippen LogP) is 1.45. The van der Waals surface area contributed by atoms with Gasteiger partial charge in [0.1, 0.15) is 24.0 Å². The minimum absolute atomic E-state index is 0.156. The largest absolute Gasteiger partial charge is 0.435 e. The van der Waals surface area contributed by atoms with E-state index >= 15 is 0 Å². The molecule has 1 N–H and O–H groups in total. The zero-order valence-electron chi connectivity index (χ0n) is 11.6. The highest BCUT2D eigenvalue weighted by atomic mass is 19.4. The van der Waals surface area contributed by atoms with Crippen molar-refractivity contribution in [1.82, 2.24) is 19.6 Å². The molecule has 0 unspecified atom stereocenters. The highest BCUT2D eigenvalue weighted by Gasteiger charge is 2.34. The first kappa shape index (κ1) is 15.6. The summed E-state index contributed by atoms with van der Waals surface area (Å²) in [7, 11) is 1.53. The number of halogens is 3. The van der Waals surface area contributed by atoms with Gasteiger partial charge in [-0.3, -0.25) is 14.2 Å². The molecular formula is C12H11F3N6O. The molecule has 1 amide bonds. The van der Waals surface area contributed by atoms with Gasteiger partial charge in [-0.15, -0.1) is 0 Å². The molecule has 10 heteroatoms. The molecule has 2 aromatic heterocycles. The third-order valence-corrected chi connectivity index (χ3v) is 2.88. The molecule has 0 spiro atoms. The van der Waals surface area contributed by atoms with Gasteiger partial charge in [-0.2, -0.15) is 28.6 Å². The molecule has 7 nitrogen and oxygen atoms in total. The predicted molar refractivity (Wildman–Crippen MR) is 68.5 cm³/mol. The van der Waals surface area contributed by atoms with E-state index in [1.807, 2.05) is 6.07 Å². The summed E-state index contributed by atoms with van der Waals surface area (Å²) in [5.74, 6) is -0.437. The van der Waals surface area contributed by atoms with Gasteiger partial charge in [-0.05, 0) is 13.0 Å². The maximum Gasteiger partial charge on any atom is 0.435 e. The molecule has 0 saturated heterocycles. The molecule has 0 aliphatic heterocycles. The van der Waals surface area contributed by atoms with Gasteiger partial charge in [-0.1, -0.05) is 0 Å². The topological polar surface area (TPSA) is 88.5 Å². The van der Waals surface area contributed by atoms with Crippen molar-refractivity contribution in [3.8, 4) is 6.07 Å². The van der Waals surface area contributed by atoms with Crippen molar-refractivity contribution in [1.29, 1.82) is 5.26 Å². The molecule has 2 aromatic rings. The lowest BCUT2D eigenvalue weighted by molar-refractivity contribution is -0.141. The number of carbonyl (C=O) groups excluding carboxylic acids is 1. The Hall–Kier alpha value is -2.83. The van der Waals surface area contributed by atoms with Crippen molar-refractivity contribution in [2.24, 2.45) is 7.05 Å². The number of anilines is 1. The molecule has 0 fully saturated rings. The number of aromatic nitrogens is 4. The van der Waals surface area contributed by atoms with Gasteiger partial charge in [0.15, 0.2) is 5.69 Å². The number of nitrogens with one attached hydrogen (secondary N) is 1. The Morgan fingerprint density at radius 1 is 1.50 bits per heavy atom. The van der Waals surface area contributed by atoms with Gasteiger partial charge in [-0.25, -0.2) is 0 Å². The van der Waals surface area contributed by atoms with Crippen LogP contribution in [0.15, 0.2) is 12.3 Å². The Balaban J connectivity index is 2.15. The number of rotatable bonds is 3. The Kier molecular flexibility index (Phi) is 3.90. The first-order valence-corrected chi connectivity index (χ1v) is 6.06. The normalized spacial score (nSPS) is 11.3. The molecule has 0 aromatic carbocycles. The smallest absolute Gasteiger partial charge is 0.308 e. The quantitative estimate of drug-likeness (QED) is 0.929. The highest BCUT2D eigenvalue weighted by Crippen LogP contribution is 2.28. The molecule has 2 heterocycles. The molecule has 0 aliphatic rings. The molecule has 0 atom stereocenters. The van der Waals surface area contributed by atoms with E-state index in [0.29, 0.717) is 0 Å². The second kappa shape index (κ2) is 5.51. The summed E-state index contributed by atoms with van der Waals surface area (Å²) in [6.45, 7) is 1.01. The average molecular weight is 312 g/mol. The van der Waals surface area contributed by atoms with Crippen molar-refractivity contribution in [2.45, 2.75) is 19.6 Å². The van der Waals surface area contributed by atoms with Gasteiger partial charge in [0.25, 0.3) is 0 Å². The van der Waals surface area contributed by atoms with Crippen LogP contribution in [0.1, 0.15) is 17.0 Å². The third kappa shape index (κ3) is 3.08.